The molecule has 0 heterocycles. The Kier molecular flexibility index (Phi) is 4.93. The lowest BCUT2D eigenvalue weighted by Gasteiger charge is -2.06. The molecule has 4 unspecified atom stereocenters. The summed E-state index contributed by atoms with van der Waals surface area (Å²) in [5.74, 6) is -3.52. The van der Waals surface area contributed by atoms with E-state index in [1.807, 2.05) is 30.3 Å². The Balaban J connectivity index is 1.77. The minimum atomic E-state index is -1.15. The third kappa shape index (κ3) is 3.80. The largest absolute Gasteiger partial charge is 0.481 e. The van der Waals surface area contributed by atoms with Crippen molar-refractivity contribution in [2.24, 2.45) is 23.5 Å². The maximum Gasteiger partial charge on any atom is 0.320 e. The minimum Gasteiger partial charge on any atom is -0.481 e. The Labute approximate surface area is 122 Å². The van der Waals surface area contributed by atoms with Gasteiger partial charge in [0.05, 0.1) is 12.5 Å². The van der Waals surface area contributed by atoms with Crippen molar-refractivity contribution in [2.45, 2.75) is 19.1 Å². The van der Waals surface area contributed by atoms with E-state index in [0.717, 1.165) is 5.56 Å². The number of benzene rings is 1. The summed E-state index contributed by atoms with van der Waals surface area (Å²) < 4.78 is 5.51. The van der Waals surface area contributed by atoms with Gasteiger partial charge < -0.3 is 20.7 Å². The summed E-state index contributed by atoms with van der Waals surface area (Å²) in [5, 5.41) is 18.0. The predicted octanol–water partition coefficient (Wildman–Crippen LogP) is 0.952. The Morgan fingerprint density at radius 2 is 1.90 bits per heavy atom. The molecular formula is C15H19NO5. The van der Waals surface area contributed by atoms with Gasteiger partial charge in [-0.15, -0.1) is 0 Å². The summed E-state index contributed by atoms with van der Waals surface area (Å²) >= 11 is 0. The molecule has 4 atom stereocenters. The second-order valence-corrected chi connectivity index (χ2v) is 5.30. The van der Waals surface area contributed by atoms with Gasteiger partial charge in [-0.1, -0.05) is 30.3 Å². The average Bonchev–Trinajstić information content (AvgIpc) is 3.18. The van der Waals surface area contributed by atoms with Gasteiger partial charge in [-0.2, -0.15) is 0 Å². The highest BCUT2D eigenvalue weighted by molar-refractivity contribution is 5.80. The van der Waals surface area contributed by atoms with Crippen LogP contribution in [0, 0.1) is 17.8 Å². The van der Waals surface area contributed by atoms with Gasteiger partial charge in [0.25, 0.3) is 0 Å². The monoisotopic (exact) mass is 293 g/mol. The Bertz CT molecular complexity index is 504. The highest BCUT2D eigenvalue weighted by Gasteiger charge is 2.58. The van der Waals surface area contributed by atoms with E-state index >= 15 is 0 Å². The number of carboxylic acid groups (broad SMARTS) is 2. The van der Waals surface area contributed by atoms with Crippen LogP contribution in [0.2, 0.25) is 0 Å². The molecule has 114 valence electrons. The van der Waals surface area contributed by atoms with E-state index in [2.05, 4.69) is 0 Å². The number of rotatable bonds is 8. The quantitative estimate of drug-likeness (QED) is 0.616. The van der Waals surface area contributed by atoms with Gasteiger partial charge >= 0.3 is 11.9 Å². The summed E-state index contributed by atoms with van der Waals surface area (Å²) in [5.41, 5.74) is 6.58. The van der Waals surface area contributed by atoms with Gasteiger partial charge in [-0.25, -0.2) is 0 Å². The van der Waals surface area contributed by atoms with Crippen molar-refractivity contribution in [3.05, 3.63) is 35.9 Å². The van der Waals surface area contributed by atoms with Gasteiger partial charge in [0.1, 0.15) is 6.04 Å². The van der Waals surface area contributed by atoms with Gasteiger partial charge in [0.15, 0.2) is 0 Å². The Hall–Kier alpha value is -1.92. The molecule has 0 spiro atoms. The van der Waals surface area contributed by atoms with Crippen molar-refractivity contribution in [1.29, 1.82) is 0 Å². The maximum atomic E-state index is 11.1. The van der Waals surface area contributed by atoms with E-state index in [1.165, 1.54) is 0 Å². The SMILES string of the molecule is NC(C(=O)O)C1C(CCOCc2ccccc2)C1C(=O)O. The van der Waals surface area contributed by atoms with E-state index < -0.39 is 29.8 Å². The molecule has 1 fully saturated rings. The molecule has 21 heavy (non-hydrogen) atoms. The summed E-state index contributed by atoms with van der Waals surface area (Å²) in [7, 11) is 0. The fourth-order valence-corrected chi connectivity index (χ4v) is 2.76. The summed E-state index contributed by atoms with van der Waals surface area (Å²) in [6.45, 7) is 0.854. The zero-order valence-electron chi connectivity index (χ0n) is 11.5. The normalized spacial score (nSPS) is 25.3. The van der Waals surface area contributed by atoms with Crippen molar-refractivity contribution < 1.29 is 24.5 Å². The van der Waals surface area contributed by atoms with Crippen LogP contribution in [-0.4, -0.2) is 34.8 Å². The van der Waals surface area contributed by atoms with Crippen LogP contribution in [0.4, 0.5) is 0 Å². The lowest BCUT2D eigenvalue weighted by molar-refractivity contribution is -0.140. The predicted molar refractivity (Wildman–Crippen MR) is 74.4 cm³/mol. The van der Waals surface area contributed by atoms with Crippen LogP contribution < -0.4 is 5.73 Å². The zero-order chi connectivity index (χ0) is 15.4. The van der Waals surface area contributed by atoms with E-state index in [1.54, 1.807) is 0 Å². The lowest BCUT2D eigenvalue weighted by Crippen LogP contribution is -2.34. The smallest absolute Gasteiger partial charge is 0.320 e. The molecule has 0 aromatic heterocycles. The van der Waals surface area contributed by atoms with E-state index in [4.69, 9.17) is 20.7 Å². The first-order valence-corrected chi connectivity index (χ1v) is 6.85. The topological polar surface area (TPSA) is 110 Å². The minimum absolute atomic E-state index is 0.218. The third-order valence-corrected chi connectivity index (χ3v) is 3.92. The van der Waals surface area contributed by atoms with Crippen LogP contribution in [0.1, 0.15) is 12.0 Å². The standard InChI is InChI=1S/C15H19NO5/c16-13(15(19)20)11-10(12(11)14(17)18)6-7-21-8-9-4-2-1-3-5-9/h1-5,10-13H,6-8,16H2,(H,17,18)(H,19,20). The molecule has 1 saturated carbocycles. The molecule has 0 bridgehead atoms. The van der Waals surface area contributed by atoms with E-state index in [0.29, 0.717) is 19.6 Å². The summed E-state index contributed by atoms with van der Waals surface area (Å²) in [6, 6.07) is 8.53. The van der Waals surface area contributed by atoms with Crippen LogP contribution in [0.5, 0.6) is 0 Å². The number of nitrogens with two attached hydrogens (primary N) is 1. The maximum absolute atomic E-state index is 11.1. The molecule has 1 aliphatic carbocycles. The second kappa shape index (κ2) is 6.69. The van der Waals surface area contributed by atoms with Crippen LogP contribution >= 0.6 is 0 Å². The lowest BCUT2D eigenvalue weighted by atomic mass is 10.1. The van der Waals surface area contributed by atoms with Gasteiger partial charge in [0, 0.05) is 12.5 Å². The molecule has 4 N–H and O–H groups in total. The molecule has 1 aliphatic rings. The van der Waals surface area contributed by atoms with Crippen LogP contribution in [0.15, 0.2) is 30.3 Å². The van der Waals surface area contributed by atoms with Crippen molar-refractivity contribution in [3.63, 3.8) is 0 Å². The number of hydrogen-bond donors (Lipinski definition) is 3. The number of carboxylic acids is 2. The molecule has 6 nitrogen and oxygen atoms in total. The van der Waals surface area contributed by atoms with Crippen LogP contribution in [0.3, 0.4) is 0 Å². The van der Waals surface area contributed by atoms with Gasteiger partial charge in [0.2, 0.25) is 0 Å². The molecule has 2 rings (SSSR count). The zero-order valence-corrected chi connectivity index (χ0v) is 11.5. The number of hydrogen-bond acceptors (Lipinski definition) is 4. The van der Waals surface area contributed by atoms with Crippen molar-refractivity contribution in [2.75, 3.05) is 6.61 Å². The molecular weight excluding hydrogens is 274 g/mol. The number of carbonyl (C=O) groups is 2. The highest BCUT2D eigenvalue weighted by atomic mass is 16.5. The van der Waals surface area contributed by atoms with Gasteiger partial charge in [-0.3, -0.25) is 9.59 Å². The first-order valence-electron chi connectivity index (χ1n) is 6.85. The average molecular weight is 293 g/mol. The van der Waals surface area contributed by atoms with Crippen molar-refractivity contribution >= 4 is 11.9 Å². The second-order valence-electron chi connectivity index (χ2n) is 5.30. The number of ether oxygens (including phenoxy) is 1. The fourth-order valence-electron chi connectivity index (χ4n) is 2.76. The van der Waals surface area contributed by atoms with E-state index in [9.17, 15) is 9.59 Å². The Morgan fingerprint density at radius 3 is 2.48 bits per heavy atom. The Morgan fingerprint density at radius 1 is 1.24 bits per heavy atom. The molecule has 0 saturated heterocycles. The van der Waals surface area contributed by atoms with Gasteiger partial charge in [-0.05, 0) is 17.9 Å². The number of aliphatic carboxylic acids is 2. The molecule has 0 radical (unpaired) electrons. The molecule has 0 amide bonds. The fraction of sp³-hybridized carbons (Fsp3) is 0.467. The first-order chi connectivity index (χ1) is 10.0. The molecule has 1 aromatic rings. The molecule has 6 heteroatoms. The third-order valence-electron chi connectivity index (χ3n) is 3.92. The van der Waals surface area contributed by atoms with Crippen LogP contribution in [-0.2, 0) is 20.9 Å². The summed E-state index contributed by atoms with van der Waals surface area (Å²) in [4.78, 5) is 21.9. The highest BCUT2D eigenvalue weighted by Crippen LogP contribution is 2.50. The van der Waals surface area contributed by atoms with Crippen LogP contribution in [0.25, 0.3) is 0 Å². The summed E-state index contributed by atoms with van der Waals surface area (Å²) in [6.07, 6.45) is 0.509. The van der Waals surface area contributed by atoms with Crippen molar-refractivity contribution in [3.8, 4) is 0 Å². The molecule has 0 aliphatic heterocycles. The van der Waals surface area contributed by atoms with E-state index in [-0.39, 0.29) is 5.92 Å². The van der Waals surface area contributed by atoms with Crippen molar-refractivity contribution in [1.82, 2.24) is 0 Å². The molecule has 1 aromatic carbocycles. The first kappa shape index (κ1) is 15.5.